The number of rotatable bonds is 4. The molecule has 8 heteroatoms. The smallest absolute Gasteiger partial charge is 0.191 e. The number of aliphatic imine (C=N–C) groups is 1. The van der Waals surface area contributed by atoms with Crippen LogP contribution in [-0.2, 0) is 6.54 Å². The van der Waals surface area contributed by atoms with Crippen molar-refractivity contribution in [3.05, 3.63) is 11.6 Å². The van der Waals surface area contributed by atoms with E-state index >= 15 is 0 Å². The molecule has 1 fully saturated rings. The minimum Gasteiger partial charge on any atom is -0.388 e. The summed E-state index contributed by atoms with van der Waals surface area (Å²) in [5.74, 6) is 2.55. The van der Waals surface area contributed by atoms with Crippen molar-refractivity contribution in [3.8, 4) is 0 Å². The van der Waals surface area contributed by atoms with Crippen LogP contribution in [0.2, 0.25) is 0 Å². The van der Waals surface area contributed by atoms with Crippen molar-refractivity contribution in [2.75, 3.05) is 13.1 Å². The second-order valence-electron chi connectivity index (χ2n) is 6.35. The van der Waals surface area contributed by atoms with Gasteiger partial charge in [-0.3, -0.25) is 4.99 Å². The van der Waals surface area contributed by atoms with E-state index in [0.717, 1.165) is 62.8 Å². The van der Waals surface area contributed by atoms with Crippen molar-refractivity contribution in [1.82, 2.24) is 25.4 Å². The normalized spacial score (nSPS) is 22.6. The van der Waals surface area contributed by atoms with E-state index in [1.54, 1.807) is 0 Å². The van der Waals surface area contributed by atoms with Crippen molar-refractivity contribution in [2.24, 2.45) is 4.99 Å². The minimum absolute atomic E-state index is 0. The third kappa shape index (κ3) is 4.34. The van der Waals surface area contributed by atoms with Gasteiger partial charge in [0.15, 0.2) is 5.96 Å². The molecule has 1 aromatic heterocycles. The summed E-state index contributed by atoms with van der Waals surface area (Å²) in [5.41, 5.74) is -0.592. The molecule has 1 unspecified atom stereocenters. The highest BCUT2D eigenvalue weighted by atomic mass is 127. The van der Waals surface area contributed by atoms with E-state index in [9.17, 15) is 5.11 Å². The second kappa shape index (κ2) is 7.78. The van der Waals surface area contributed by atoms with Crippen molar-refractivity contribution < 1.29 is 5.11 Å². The monoisotopic (exact) mass is 434 g/mol. The number of aryl methyl sites for hydroxylation is 2. The van der Waals surface area contributed by atoms with E-state index in [1.807, 2.05) is 18.5 Å². The molecule has 23 heavy (non-hydrogen) atoms. The highest BCUT2D eigenvalue weighted by Crippen LogP contribution is 2.31. The first kappa shape index (κ1) is 18.4. The Morgan fingerprint density at radius 1 is 1.43 bits per heavy atom. The number of aromatic nitrogens is 3. The van der Waals surface area contributed by atoms with Crippen LogP contribution in [0.25, 0.3) is 0 Å². The molecule has 2 heterocycles. The highest BCUT2D eigenvalue weighted by Gasteiger charge is 2.34. The summed E-state index contributed by atoms with van der Waals surface area (Å²) in [6.07, 6.45) is 4.91. The molecule has 2 aliphatic rings. The number of aliphatic hydroxyl groups is 1. The van der Waals surface area contributed by atoms with E-state index in [4.69, 9.17) is 0 Å². The van der Waals surface area contributed by atoms with Crippen LogP contribution in [0.15, 0.2) is 4.99 Å². The Morgan fingerprint density at radius 2 is 2.22 bits per heavy atom. The first-order valence-corrected chi connectivity index (χ1v) is 8.28. The molecule has 7 nitrogen and oxygen atoms in total. The van der Waals surface area contributed by atoms with E-state index in [0.29, 0.717) is 6.54 Å². The molecule has 130 valence electrons. The SMILES string of the molecule is CCNC(=NCC1(O)CCC1)NC1CCCn2nc(C)nc21.I. The molecule has 3 rings (SSSR count). The summed E-state index contributed by atoms with van der Waals surface area (Å²) < 4.78 is 1.99. The van der Waals surface area contributed by atoms with Crippen LogP contribution in [0.3, 0.4) is 0 Å². The number of fused-ring (bicyclic) bond motifs is 1. The Labute approximate surface area is 154 Å². The van der Waals surface area contributed by atoms with Gasteiger partial charge in [-0.05, 0) is 46.0 Å². The maximum atomic E-state index is 10.2. The molecule has 0 amide bonds. The van der Waals surface area contributed by atoms with Crippen LogP contribution < -0.4 is 10.6 Å². The fraction of sp³-hybridized carbons (Fsp3) is 0.800. The molecular weight excluding hydrogens is 407 g/mol. The summed E-state index contributed by atoms with van der Waals surface area (Å²) in [4.78, 5) is 9.11. The van der Waals surface area contributed by atoms with Crippen molar-refractivity contribution >= 4 is 29.9 Å². The van der Waals surface area contributed by atoms with Gasteiger partial charge in [-0.25, -0.2) is 9.67 Å². The Balaban J connectivity index is 0.00000192. The Kier molecular flexibility index (Phi) is 6.24. The minimum atomic E-state index is -0.592. The van der Waals surface area contributed by atoms with Crippen LogP contribution >= 0.6 is 24.0 Å². The molecule has 0 bridgehead atoms. The molecule has 0 spiro atoms. The molecule has 1 aliphatic carbocycles. The molecule has 3 N–H and O–H groups in total. The highest BCUT2D eigenvalue weighted by molar-refractivity contribution is 14.0. The van der Waals surface area contributed by atoms with E-state index in [-0.39, 0.29) is 30.0 Å². The molecule has 1 aromatic rings. The Bertz CT molecular complexity index is 554. The van der Waals surface area contributed by atoms with Gasteiger partial charge in [0, 0.05) is 13.1 Å². The molecule has 1 atom stereocenters. The molecule has 0 saturated heterocycles. The number of nitrogens with zero attached hydrogens (tertiary/aromatic N) is 4. The summed E-state index contributed by atoms with van der Waals surface area (Å²) in [6, 6.07) is 0.129. The fourth-order valence-corrected chi connectivity index (χ4v) is 3.06. The zero-order valence-electron chi connectivity index (χ0n) is 13.9. The average molecular weight is 434 g/mol. The van der Waals surface area contributed by atoms with E-state index in [2.05, 4.69) is 25.7 Å². The number of hydrogen-bond donors (Lipinski definition) is 3. The van der Waals surface area contributed by atoms with Crippen LogP contribution in [0.4, 0.5) is 0 Å². The first-order chi connectivity index (χ1) is 10.6. The summed E-state index contributed by atoms with van der Waals surface area (Å²) in [6.45, 7) is 6.15. The topological polar surface area (TPSA) is 87.4 Å². The number of halogens is 1. The van der Waals surface area contributed by atoms with Gasteiger partial charge in [0.25, 0.3) is 0 Å². The van der Waals surface area contributed by atoms with Gasteiger partial charge < -0.3 is 15.7 Å². The van der Waals surface area contributed by atoms with E-state index in [1.165, 1.54) is 0 Å². The predicted molar refractivity (Wildman–Crippen MR) is 100 cm³/mol. The third-order valence-electron chi connectivity index (χ3n) is 4.45. The molecule has 0 radical (unpaired) electrons. The standard InChI is InChI=1S/C15H26N6O.HI/c1-3-16-14(17-10-15(22)7-5-8-15)19-12-6-4-9-21-13(12)18-11(2)20-21;/h12,22H,3-10H2,1-2H3,(H2,16,17,19);1H. The van der Waals surface area contributed by atoms with Gasteiger partial charge in [0.05, 0.1) is 18.2 Å². The van der Waals surface area contributed by atoms with Crippen molar-refractivity contribution in [2.45, 2.75) is 64.1 Å². The van der Waals surface area contributed by atoms with Gasteiger partial charge in [0.2, 0.25) is 0 Å². The molecule has 1 saturated carbocycles. The number of guanidine groups is 1. The molecule has 0 aromatic carbocycles. The lowest BCUT2D eigenvalue weighted by atomic mass is 9.80. The quantitative estimate of drug-likeness (QED) is 0.380. The van der Waals surface area contributed by atoms with Gasteiger partial charge in [-0.2, -0.15) is 5.10 Å². The maximum Gasteiger partial charge on any atom is 0.191 e. The van der Waals surface area contributed by atoms with E-state index < -0.39 is 5.60 Å². The summed E-state index contributed by atoms with van der Waals surface area (Å²) in [7, 11) is 0. The zero-order chi connectivity index (χ0) is 15.6. The van der Waals surface area contributed by atoms with Gasteiger partial charge in [0.1, 0.15) is 11.6 Å². The first-order valence-electron chi connectivity index (χ1n) is 8.28. The predicted octanol–water partition coefficient (Wildman–Crippen LogP) is 1.51. The summed E-state index contributed by atoms with van der Waals surface area (Å²) >= 11 is 0. The van der Waals surface area contributed by atoms with Gasteiger partial charge >= 0.3 is 0 Å². The second-order valence-corrected chi connectivity index (χ2v) is 6.35. The lowest BCUT2D eigenvalue weighted by Crippen LogP contribution is -2.44. The van der Waals surface area contributed by atoms with Crippen LogP contribution in [0.1, 0.15) is 56.7 Å². The van der Waals surface area contributed by atoms with Crippen molar-refractivity contribution in [1.29, 1.82) is 0 Å². The van der Waals surface area contributed by atoms with Gasteiger partial charge in [-0.1, -0.05) is 0 Å². The summed E-state index contributed by atoms with van der Waals surface area (Å²) in [5, 5.41) is 21.3. The fourth-order valence-electron chi connectivity index (χ4n) is 3.06. The molecular formula is C15H27IN6O. The van der Waals surface area contributed by atoms with Gasteiger partial charge in [-0.15, -0.1) is 24.0 Å². The third-order valence-corrected chi connectivity index (χ3v) is 4.45. The lowest BCUT2D eigenvalue weighted by Gasteiger charge is -2.35. The maximum absolute atomic E-state index is 10.2. The van der Waals surface area contributed by atoms with Crippen LogP contribution in [0.5, 0.6) is 0 Å². The number of hydrogen-bond acceptors (Lipinski definition) is 4. The Hall–Kier alpha value is -0.900. The number of nitrogens with one attached hydrogen (secondary N) is 2. The lowest BCUT2D eigenvalue weighted by molar-refractivity contribution is -0.0236. The Morgan fingerprint density at radius 3 is 2.87 bits per heavy atom. The molecule has 1 aliphatic heterocycles. The zero-order valence-corrected chi connectivity index (χ0v) is 16.2. The average Bonchev–Trinajstić information content (AvgIpc) is 2.84. The van der Waals surface area contributed by atoms with Crippen LogP contribution in [-0.4, -0.2) is 44.5 Å². The largest absolute Gasteiger partial charge is 0.388 e. The van der Waals surface area contributed by atoms with Crippen molar-refractivity contribution in [3.63, 3.8) is 0 Å². The van der Waals surface area contributed by atoms with Crippen LogP contribution in [0, 0.1) is 6.92 Å².